The Balaban J connectivity index is 1.44. The van der Waals surface area contributed by atoms with Crippen molar-refractivity contribution in [1.82, 2.24) is 20.0 Å². The monoisotopic (exact) mass is 418 g/mol. The van der Waals surface area contributed by atoms with Crippen molar-refractivity contribution in [3.8, 4) is 0 Å². The van der Waals surface area contributed by atoms with E-state index in [1.807, 2.05) is 19.1 Å². The van der Waals surface area contributed by atoms with E-state index in [-0.39, 0.29) is 23.9 Å². The first-order valence-electron chi connectivity index (χ1n) is 10.7. The summed E-state index contributed by atoms with van der Waals surface area (Å²) in [6.07, 6.45) is 3.98. The highest BCUT2D eigenvalue weighted by Gasteiger charge is 2.54. The Morgan fingerprint density at radius 1 is 1.24 bits per heavy atom. The molecule has 0 bridgehead atoms. The van der Waals surface area contributed by atoms with Crippen molar-refractivity contribution in [2.45, 2.75) is 57.5 Å². The summed E-state index contributed by atoms with van der Waals surface area (Å²) in [5, 5.41) is 3.02. The predicted octanol–water partition coefficient (Wildman–Crippen LogP) is 2.46. The second kappa shape index (κ2) is 8.07. The van der Waals surface area contributed by atoms with Gasteiger partial charge in [-0.2, -0.15) is 0 Å². The molecule has 3 aliphatic heterocycles. The fraction of sp³-hybridized carbons (Fsp3) is 0.667. The fourth-order valence-corrected chi connectivity index (χ4v) is 5.68. The van der Waals surface area contributed by atoms with E-state index < -0.39 is 5.54 Å². The number of carbonyl (C=O) groups excluding carboxylic acids is 3. The third kappa shape index (κ3) is 3.80. The molecule has 1 aromatic rings. The minimum absolute atomic E-state index is 0.00226. The zero-order valence-electron chi connectivity index (χ0n) is 17.3. The number of hydrogen-bond donors (Lipinski definition) is 1. The van der Waals surface area contributed by atoms with Gasteiger partial charge in [0, 0.05) is 31.1 Å². The van der Waals surface area contributed by atoms with Crippen LogP contribution in [0.2, 0.25) is 0 Å². The molecule has 4 amide bonds. The van der Waals surface area contributed by atoms with Gasteiger partial charge >= 0.3 is 6.03 Å². The summed E-state index contributed by atoms with van der Waals surface area (Å²) in [5.74, 6) is -0.0904. The van der Waals surface area contributed by atoms with Gasteiger partial charge < -0.3 is 15.1 Å². The van der Waals surface area contributed by atoms with Crippen molar-refractivity contribution >= 4 is 29.2 Å². The van der Waals surface area contributed by atoms with Crippen LogP contribution in [0, 0.1) is 6.92 Å². The molecule has 1 atom stereocenters. The number of imide groups is 1. The average molecular weight is 419 g/mol. The van der Waals surface area contributed by atoms with Crippen LogP contribution in [0.4, 0.5) is 4.79 Å². The van der Waals surface area contributed by atoms with Crippen LogP contribution in [0.5, 0.6) is 0 Å². The second-order valence-electron chi connectivity index (χ2n) is 8.49. The minimum atomic E-state index is -0.752. The van der Waals surface area contributed by atoms with E-state index in [0.29, 0.717) is 25.9 Å². The summed E-state index contributed by atoms with van der Waals surface area (Å²) in [6, 6.07) is 3.28. The van der Waals surface area contributed by atoms with Gasteiger partial charge in [0.1, 0.15) is 5.54 Å². The summed E-state index contributed by atoms with van der Waals surface area (Å²) in [6.45, 7) is 7.94. The molecular formula is C21H30N4O3S. The van der Waals surface area contributed by atoms with Crippen molar-refractivity contribution in [1.29, 1.82) is 0 Å². The van der Waals surface area contributed by atoms with E-state index in [1.54, 1.807) is 4.90 Å². The number of rotatable bonds is 4. The van der Waals surface area contributed by atoms with Gasteiger partial charge in [0.05, 0.1) is 10.9 Å². The Hall–Kier alpha value is -1.93. The van der Waals surface area contributed by atoms with Crippen LogP contribution in [0.25, 0.3) is 0 Å². The van der Waals surface area contributed by atoms with Crippen LogP contribution < -0.4 is 5.32 Å². The smallest absolute Gasteiger partial charge is 0.325 e. The molecule has 1 aromatic heterocycles. The number of nitrogens with one attached hydrogen (secondary N) is 1. The number of amides is 4. The summed E-state index contributed by atoms with van der Waals surface area (Å²) in [4.78, 5) is 46.4. The molecule has 1 N–H and O–H groups in total. The van der Waals surface area contributed by atoms with Crippen LogP contribution in [-0.2, 0) is 4.79 Å². The van der Waals surface area contributed by atoms with Gasteiger partial charge in [-0.25, -0.2) is 4.79 Å². The van der Waals surface area contributed by atoms with Crippen molar-refractivity contribution in [2.75, 3.05) is 32.7 Å². The van der Waals surface area contributed by atoms with Crippen LogP contribution in [-0.4, -0.2) is 76.8 Å². The maximum atomic E-state index is 13.3. The molecule has 3 aliphatic rings. The van der Waals surface area contributed by atoms with Crippen LogP contribution in [0.3, 0.4) is 0 Å². The topological polar surface area (TPSA) is 73.0 Å². The Labute approximate surface area is 176 Å². The molecule has 0 radical (unpaired) electrons. The van der Waals surface area contributed by atoms with Gasteiger partial charge in [-0.05, 0) is 57.7 Å². The third-order valence-corrected chi connectivity index (χ3v) is 7.43. The number of hydrogen-bond acceptors (Lipinski definition) is 5. The molecule has 7 nitrogen and oxygen atoms in total. The molecule has 29 heavy (non-hydrogen) atoms. The summed E-state index contributed by atoms with van der Waals surface area (Å²) in [5.41, 5.74) is -0.752. The van der Waals surface area contributed by atoms with Gasteiger partial charge in [0.2, 0.25) is 0 Å². The maximum Gasteiger partial charge on any atom is 0.325 e. The molecule has 8 heteroatoms. The van der Waals surface area contributed by atoms with Crippen molar-refractivity contribution in [3.05, 3.63) is 21.9 Å². The summed E-state index contributed by atoms with van der Waals surface area (Å²) >= 11 is 1.49. The number of carbonyl (C=O) groups is 3. The fourth-order valence-electron chi connectivity index (χ4n) is 4.84. The summed E-state index contributed by atoms with van der Waals surface area (Å²) < 4.78 is 0. The van der Waals surface area contributed by atoms with Gasteiger partial charge in [0.15, 0.2) is 0 Å². The highest BCUT2D eigenvalue weighted by molar-refractivity contribution is 7.13. The van der Waals surface area contributed by atoms with E-state index in [9.17, 15) is 14.4 Å². The molecule has 0 unspecified atom stereocenters. The van der Waals surface area contributed by atoms with E-state index >= 15 is 0 Å². The Kier molecular flexibility index (Phi) is 5.66. The van der Waals surface area contributed by atoms with Crippen molar-refractivity contribution < 1.29 is 14.4 Å². The number of thiophene rings is 1. The number of urea groups is 1. The maximum absolute atomic E-state index is 13.3. The molecular weight excluding hydrogens is 388 g/mol. The number of nitrogens with zero attached hydrogens (tertiary/aromatic N) is 3. The first-order chi connectivity index (χ1) is 13.9. The molecule has 0 saturated carbocycles. The molecule has 4 rings (SSSR count). The molecule has 0 aromatic carbocycles. The third-order valence-electron chi connectivity index (χ3n) is 6.44. The number of likely N-dealkylation sites (tertiary alicyclic amines) is 2. The van der Waals surface area contributed by atoms with Crippen LogP contribution >= 0.6 is 11.3 Å². The summed E-state index contributed by atoms with van der Waals surface area (Å²) in [7, 11) is 0. The zero-order chi connectivity index (χ0) is 20.6. The molecule has 3 saturated heterocycles. The molecule has 3 fully saturated rings. The highest BCUT2D eigenvalue weighted by Crippen LogP contribution is 2.32. The normalized spacial score (nSPS) is 25.0. The predicted molar refractivity (Wildman–Crippen MR) is 112 cm³/mol. The molecule has 158 valence electrons. The van der Waals surface area contributed by atoms with E-state index in [4.69, 9.17) is 0 Å². The highest BCUT2D eigenvalue weighted by atomic mass is 32.1. The lowest BCUT2D eigenvalue weighted by molar-refractivity contribution is -0.135. The lowest BCUT2D eigenvalue weighted by Gasteiger charge is -2.39. The van der Waals surface area contributed by atoms with Gasteiger partial charge in [-0.15, -0.1) is 11.3 Å². The molecule has 0 aliphatic carbocycles. The quantitative estimate of drug-likeness (QED) is 0.763. The SMILES string of the molecule is CCCN1CCC2(CC1)NC(=O)N([C@@H]1CCCN(C(=O)c3ccc(C)s3)C1)C2=O. The Bertz CT molecular complexity index is 800. The minimum Gasteiger partial charge on any atom is -0.336 e. The van der Waals surface area contributed by atoms with Crippen molar-refractivity contribution in [3.63, 3.8) is 0 Å². The van der Waals surface area contributed by atoms with Gasteiger partial charge in [0.25, 0.3) is 11.8 Å². The second-order valence-corrected chi connectivity index (χ2v) is 9.77. The molecule has 4 heterocycles. The Morgan fingerprint density at radius 3 is 2.66 bits per heavy atom. The van der Waals surface area contributed by atoms with Crippen molar-refractivity contribution in [2.24, 2.45) is 0 Å². The first kappa shape index (κ1) is 20.3. The van der Waals surface area contributed by atoms with Gasteiger partial charge in [-0.1, -0.05) is 6.92 Å². The molecule has 1 spiro atoms. The standard InChI is InChI=1S/C21H30N4O3S/c1-3-10-23-12-8-21(9-13-23)19(27)25(20(28)22-21)16-5-4-11-24(14-16)18(26)17-7-6-15(2)29-17/h6-7,16H,3-5,8-14H2,1-2H3,(H,22,28)/t16-/m1/s1. The first-order valence-corrected chi connectivity index (χ1v) is 11.5. The average Bonchev–Trinajstić information content (AvgIpc) is 3.25. The number of piperidine rings is 2. The van der Waals surface area contributed by atoms with Crippen LogP contribution in [0.1, 0.15) is 53.6 Å². The zero-order valence-corrected chi connectivity index (χ0v) is 18.1. The lowest BCUT2D eigenvalue weighted by Crippen LogP contribution is -2.56. The largest absolute Gasteiger partial charge is 0.336 e. The van der Waals surface area contributed by atoms with E-state index in [0.717, 1.165) is 48.7 Å². The van der Waals surface area contributed by atoms with Crippen LogP contribution in [0.15, 0.2) is 12.1 Å². The number of aryl methyl sites for hydroxylation is 1. The van der Waals surface area contributed by atoms with E-state index in [1.165, 1.54) is 16.2 Å². The Morgan fingerprint density at radius 2 is 2.00 bits per heavy atom. The van der Waals surface area contributed by atoms with E-state index in [2.05, 4.69) is 17.1 Å². The lowest BCUT2D eigenvalue weighted by atomic mass is 9.87. The van der Waals surface area contributed by atoms with Gasteiger partial charge in [-0.3, -0.25) is 14.5 Å².